The first-order valence-electron chi connectivity index (χ1n) is 6.09. The number of alkyl halides is 3. The highest BCUT2D eigenvalue weighted by atomic mass is 19.4. The fraction of sp³-hybridized carbons (Fsp3) is 0.538. The third-order valence-electron chi connectivity index (χ3n) is 3.04. The molecule has 18 heavy (non-hydrogen) atoms. The average molecular weight is 258 g/mol. The molecule has 0 aliphatic carbocycles. The van der Waals surface area contributed by atoms with Gasteiger partial charge in [0.05, 0.1) is 5.56 Å². The maximum absolute atomic E-state index is 13.0. The lowest BCUT2D eigenvalue weighted by Crippen LogP contribution is -2.34. The molecule has 1 unspecified atom stereocenters. The van der Waals surface area contributed by atoms with E-state index in [0.717, 1.165) is 6.07 Å². The Bertz CT molecular complexity index is 427. The molecule has 1 atom stereocenters. The van der Waals surface area contributed by atoms with Crippen molar-refractivity contribution in [2.24, 2.45) is 0 Å². The Morgan fingerprint density at radius 1 is 1.33 bits per heavy atom. The minimum atomic E-state index is -4.30. The normalized spacial score (nSPS) is 19.6. The van der Waals surface area contributed by atoms with Crippen molar-refractivity contribution in [3.8, 4) is 0 Å². The molecule has 0 saturated heterocycles. The predicted molar refractivity (Wildman–Crippen MR) is 65.6 cm³/mol. The van der Waals surface area contributed by atoms with Crippen LogP contribution in [0.4, 0.5) is 18.9 Å². The molecule has 100 valence electrons. The van der Waals surface area contributed by atoms with Gasteiger partial charge in [-0.3, -0.25) is 0 Å². The fourth-order valence-corrected chi connectivity index (χ4v) is 2.41. The Hall–Kier alpha value is -1.23. The summed E-state index contributed by atoms with van der Waals surface area (Å²) in [6.07, 6.45) is -3.64. The Morgan fingerprint density at radius 2 is 2.06 bits per heavy atom. The third kappa shape index (κ3) is 2.61. The number of halogens is 3. The maximum atomic E-state index is 13.0. The van der Waals surface area contributed by atoms with Crippen LogP contribution < -0.4 is 10.6 Å². The number of anilines is 1. The number of hydrogen-bond acceptors (Lipinski definition) is 2. The van der Waals surface area contributed by atoms with E-state index in [-0.39, 0.29) is 12.1 Å². The summed E-state index contributed by atoms with van der Waals surface area (Å²) < 4.78 is 39.1. The van der Waals surface area contributed by atoms with Gasteiger partial charge in [0, 0.05) is 29.9 Å². The summed E-state index contributed by atoms with van der Waals surface area (Å²) in [5, 5.41) is 6.25. The van der Waals surface area contributed by atoms with Crippen molar-refractivity contribution in [2.75, 3.05) is 11.9 Å². The molecule has 0 aromatic heterocycles. The van der Waals surface area contributed by atoms with Crippen molar-refractivity contribution >= 4 is 5.69 Å². The van der Waals surface area contributed by atoms with E-state index in [4.69, 9.17) is 0 Å². The van der Waals surface area contributed by atoms with Crippen LogP contribution in [0.25, 0.3) is 0 Å². The van der Waals surface area contributed by atoms with Crippen molar-refractivity contribution < 1.29 is 13.2 Å². The van der Waals surface area contributed by atoms with Gasteiger partial charge >= 0.3 is 6.18 Å². The molecule has 5 heteroatoms. The number of nitrogens with one attached hydrogen (secondary N) is 2. The molecular formula is C13H17F3N2. The SMILES string of the molecule is CC(C)NC1CCNc2cccc(C(F)(F)F)c21. The first kappa shape index (κ1) is 13.2. The molecule has 2 rings (SSSR count). The first-order chi connectivity index (χ1) is 8.39. The van der Waals surface area contributed by atoms with Crippen LogP contribution in [-0.4, -0.2) is 12.6 Å². The molecule has 2 N–H and O–H groups in total. The van der Waals surface area contributed by atoms with E-state index >= 15 is 0 Å². The molecule has 0 saturated carbocycles. The van der Waals surface area contributed by atoms with E-state index < -0.39 is 11.7 Å². The lowest BCUT2D eigenvalue weighted by molar-refractivity contribution is -0.138. The van der Waals surface area contributed by atoms with E-state index in [1.165, 1.54) is 6.07 Å². The van der Waals surface area contributed by atoms with Crippen LogP contribution in [0, 0.1) is 0 Å². The second-order valence-electron chi connectivity index (χ2n) is 4.85. The molecule has 1 aromatic rings. The van der Waals surface area contributed by atoms with Crippen molar-refractivity contribution in [3.05, 3.63) is 29.3 Å². The number of hydrogen-bond donors (Lipinski definition) is 2. The highest BCUT2D eigenvalue weighted by Gasteiger charge is 2.37. The zero-order chi connectivity index (χ0) is 13.3. The Kier molecular flexibility index (Phi) is 3.52. The molecule has 0 amide bonds. The van der Waals surface area contributed by atoms with E-state index in [0.29, 0.717) is 24.2 Å². The predicted octanol–water partition coefficient (Wildman–Crippen LogP) is 3.56. The monoisotopic (exact) mass is 258 g/mol. The summed E-state index contributed by atoms with van der Waals surface area (Å²) in [7, 11) is 0. The lowest BCUT2D eigenvalue weighted by atomic mass is 9.92. The molecule has 1 aromatic carbocycles. The van der Waals surface area contributed by atoms with Crippen LogP contribution in [0.15, 0.2) is 18.2 Å². The molecule has 0 bridgehead atoms. The summed E-state index contributed by atoms with van der Waals surface area (Å²) in [6, 6.07) is 4.23. The first-order valence-corrected chi connectivity index (χ1v) is 6.09. The Morgan fingerprint density at radius 3 is 2.67 bits per heavy atom. The fourth-order valence-electron chi connectivity index (χ4n) is 2.41. The zero-order valence-corrected chi connectivity index (χ0v) is 10.4. The summed E-state index contributed by atoms with van der Waals surface area (Å²) in [4.78, 5) is 0. The maximum Gasteiger partial charge on any atom is 0.416 e. The molecule has 2 nitrogen and oxygen atoms in total. The van der Waals surface area contributed by atoms with Gasteiger partial charge in [0.2, 0.25) is 0 Å². The average Bonchev–Trinajstić information content (AvgIpc) is 2.26. The van der Waals surface area contributed by atoms with Gasteiger partial charge in [0.25, 0.3) is 0 Å². The van der Waals surface area contributed by atoms with Crippen LogP contribution in [0.3, 0.4) is 0 Å². The largest absolute Gasteiger partial charge is 0.416 e. The lowest BCUT2D eigenvalue weighted by Gasteiger charge is -2.31. The van der Waals surface area contributed by atoms with E-state index in [2.05, 4.69) is 10.6 Å². The van der Waals surface area contributed by atoms with Crippen LogP contribution >= 0.6 is 0 Å². The minimum absolute atomic E-state index is 0.155. The Balaban J connectivity index is 2.46. The second-order valence-corrected chi connectivity index (χ2v) is 4.85. The number of rotatable bonds is 2. The summed E-state index contributed by atoms with van der Waals surface area (Å²) in [5.74, 6) is 0. The minimum Gasteiger partial charge on any atom is -0.385 e. The molecule has 0 radical (unpaired) electrons. The van der Waals surface area contributed by atoms with Crippen LogP contribution in [0.2, 0.25) is 0 Å². The van der Waals surface area contributed by atoms with Gasteiger partial charge in [-0.15, -0.1) is 0 Å². The van der Waals surface area contributed by atoms with Gasteiger partial charge in [-0.1, -0.05) is 19.9 Å². The van der Waals surface area contributed by atoms with Crippen molar-refractivity contribution in [3.63, 3.8) is 0 Å². The smallest absolute Gasteiger partial charge is 0.385 e. The van der Waals surface area contributed by atoms with Crippen LogP contribution in [0.1, 0.15) is 37.4 Å². The van der Waals surface area contributed by atoms with Gasteiger partial charge in [-0.05, 0) is 18.6 Å². The van der Waals surface area contributed by atoms with Gasteiger partial charge in [-0.2, -0.15) is 13.2 Å². The summed E-state index contributed by atoms with van der Waals surface area (Å²) >= 11 is 0. The quantitative estimate of drug-likeness (QED) is 0.847. The van der Waals surface area contributed by atoms with Crippen molar-refractivity contribution in [1.29, 1.82) is 0 Å². The Labute approximate surface area is 105 Å². The van der Waals surface area contributed by atoms with Crippen LogP contribution in [-0.2, 0) is 6.18 Å². The standard InChI is InChI=1S/C13H17F3N2/c1-8(2)18-11-6-7-17-10-5-3-4-9(12(10)11)13(14,15)16/h3-5,8,11,17-18H,6-7H2,1-2H3. The van der Waals surface area contributed by atoms with Crippen LogP contribution in [0.5, 0.6) is 0 Å². The van der Waals surface area contributed by atoms with Gasteiger partial charge < -0.3 is 10.6 Å². The molecule has 1 heterocycles. The van der Waals surface area contributed by atoms with Crippen molar-refractivity contribution in [1.82, 2.24) is 5.32 Å². The molecule has 1 aliphatic heterocycles. The third-order valence-corrected chi connectivity index (χ3v) is 3.04. The highest BCUT2D eigenvalue weighted by molar-refractivity contribution is 5.58. The summed E-state index contributed by atoms with van der Waals surface area (Å²) in [6.45, 7) is 4.58. The molecule has 1 aliphatic rings. The summed E-state index contributed by atoms with van der Waals surface area (Å²) in [5.41, 5.74) is 0.407. The van der Waals surface area contributed by atoms with Gasteiger partial charge in [-0.25, -0.2) is 0 Å². The van der Waals surface area contributed by atoms with Crippen molar-refractivity contribution in [2.45, 2.75) is 38.5 Å². The van der Waals surface area contributed by atoms with E-state index in [9.17, 15) is 13.2 Å². The van der Waals surface area contributed by atoms with Gasteiger partial charge in [0.1, 0.15) is 0 Å². The number of fused-ring (bicyclic) bond motifs is 1. The van der Waals surface area contributed by atoms with E-state index in [1.54, 1.807) is 6.07 Å². The zero-order valence-electron chi connectivity index (χ0n) is 10.4. The topological polar surface area (TPSA) is 24.1 Å². The highest BCUT2D eigenvalue weighted by Crippen LogP contribution is 2.40. The molecular weight excluding hydrogens is 241 g/mol. The molecule has 0 spiro atoms. The van der Waals surface area contributed by atoms with E-state index in [1.807, 2.05) is 13.8 Å². The molecule has 0 fully saturated rings. The second kappa shape index (κ2) is 4.80. The van der Waals surface area contributed by atoms with Gasteiger partial charge in [0.15, 0.2) is 0 Å². The number of benzene rings is 1.